The van der Waals surface area contributed by atoms with Crippen molar-refractivity contribution in [1.82, 2.24) is 9.13 Å². The molecule has 0 fully saturated rings. The molecule has 0 N–H and O–H groups in total. The number of fused-ring (bicyclic) bond motifs is 6. The van der Waals surface area contributed by atoms with Crippen LogP contribution in [0.5, 0.6) is 0 Å². The third-order valence-electron chi connectivity index (χ3n) is 13.4. The minimum atomic E-state index is 1.32. The molecule has 0 unspecified atom stereocenters. The van der Waals surface area contributed by atoms with Crippen LogP contribution in [-0.2, 0) is 14.1 Å². The van der Waals surface area contributed by atoms with Crippen molar-refractivity contribution in [3.8, 4) is 0 Å². The molecule has 0 radical (unpaired) electrons. The smallest absolute Gasteiger partial charge is 0.0524 e. The lowest BCUT2D eigenvalue weighted by Crippen LogP contribution is -1.97. The van der Waals surface area contributed by atoms with Gasteiger partial charge in [0.1, 0.15) is 0 Å². The molecule has 7 aromatic rings. The largest absolute Gasteiger partial charge is 0.343 e. The molecule has 0 spiro atoms. The molecule has 5 aromatic carbocycles. The maximum absolute atomic E-state index is 2.42. The highest BCUT2D eigenvalue weighted by Crippen LogP contribution is 2.42. The van der Waals surface area contributed by atoms with Gasteiger partial charge in [0.15, 0.2) is 0 Å². The van der Waals surface area contributed by atoms with Crippen LogP contribution in [0.1, 0.15) is 108 Å². The molecule has 0 bridgehead atoms. The lowest BCUT2D eigenvalue weighted by molar-refractivity contribution is 0.994. The Morgan fingerprint density at radius 2 is 0.453 bits per heavy atom. The van der Waals surface area contributed by atoms with Gasteiger partial charge < -0.3 is 9.13 Å². The van der Waals surface area contributed by atoms with Crippen molar-refractivity contribution in [2.75, 3.05) is 0 Å². The minimum absolute atomic E-state index is 1.32. The van der Waals surface area contributed by atoms with Crippen LogP contribution in [0.15, 0.2) is 30.3 Å². The van der Waals surface area contributed by atoms with E-state index in [0.29, 0.717) is 0 Å². The fraction of sp³-hybridized carbons (Fsp3) is 0.412. The van der Waals surface area contributed by atoms with E-state index in [2.05, 4.69) is 153 Å². The summed E-state index contributed by atoms with van der Waals surface area (Å²) in [6.07, 6.45) is 0. The summed E-state index contributed by atoms with van der Waals surface area (Å²) in [7, 11) is 4.46. The van der Waals surface area contributed by atoms with Gasteiger partial charge in [0.2, 0.25) is 0 Å². The average molecular weight is 709 g/mol. The first-order valence-corrected chi connectivity index (χ1v) is 19.7. The molecule has 282 valence electrons. The Morgan fingerprint density at radius 3 is 0.623 bits per heavy atom. The molecule has 0 saturated carbocycles. The van der Waals surface area contributed by atoms with E-state index in [-0.39, 0.29) is 0 Å². The van der Waals surface area contributed by atoms with Crippen LogP contribution in [0.3, 0.4) is 0 Å². The molecule has 2 aromatic heterocycles. The highest BCUT2D eigenvalue weighted by atomic mass is 14.9. The molecule has 0 atom stereocenters. The van der Waals surface area contributed by atoms with Gasteiger partial charge >= 0.3 is 0 Å². The Morgan fingerprint density at radius 1 is 0.264 bits per heavy atom. The van der Waals surface area contributed by atoms with Crippen molar-refractivity contribution in [1.29, 1.82) is 0 Å². The number of nitrogens with zero attached hydrogens (tertiary/aromatic N) is 2. The van der Waals surface area contributed by atoms with Crippen LogP contribution in [0.4, 0.5) is 0 Å². The van der Waals surface area contributed by atoms with Crippen molar-refractivity contribution in [2.24, 2.45) is 14.1 Å². The Bertz CT molecular complexity index is 2210. The van der Waals surface area contributed by atoms with Crippen LogP contribution in [0.25, 0.3) is 43.6 Å². The second-order valence-electron chi connectivity index (χ2n) is 15.7. The Labute approximate surface area is 322 Å². The maximum Gasteiger partial charge on any atom is 0.0524 e. The van der Waals surface area contributed by atoms with Gasteiger partial charge in [-0.05, 0) is 207 Å². The second kappa shape index (κ2) is 15.6. The summed E-state index contributed by atoms with van der Waals surface area (Å²) in [4.78, 5) is 0. The lowest BCUT2D eigenvalue weighted by Gasteiger charge is -2.13. The number of benzene rings is 5. The highest BCUT2D eigenvalue weighted by Gasteiger charge is 2.23. The first-order chi connectivity index (χ1) is 24.8. The van der Waals surface area contributed by atoms with Gasteiger partial charge in [0.05, 0.1) is 22.1 Å². The zero-order chi connectivity index (χ0) is 40.1. The normalized spacial score (nSPS) is 11.1. The van der Waals surface area contributed by atoms with E-state index in [9.17, 15) is 0 Å². The van der Waals surface area contributed by atoms with Crippen LogP contribution in [0, 0.1) is 118 Å². The number of rotatable bonds is 0. The van der Waals surface area contributed by atoms with Gasteiger partial charge in [-0.1, -0.05) is 49.7 Å². The van der Waals surface area contributed by atoms with E-state index in [4.69, 9.17) is 0 Å². The van der Waals surface area contributed by atoms with Crippen LogP contribution >= 0.6 is 0 Å². The maximum atomic E-state index is 2.42. The zero-order valence-corrected chi connectivity index (χ0v) is 37.3. The molecule has 53 heavy (non-hydrogen) atoms. The van der Waals surface area contributed by atoms with Gasteiger partial charge in [-0.2, -0.15) is 0 Å². The SMILES string of the molecule is CC.Cc1c(C)c(C)c2c(c1C)c1c(C)c(C)c(C)c(C)c1n2C.Cc1c(C)c(C)c2c(c1C)c1c(C)c(C)c(C)c(C)c1n2C.Cc1ccccc1. The van der Waals surface area contributed by atoms with Gasteiger partial charge in [-0.15, -0.1) is 0 Å². The number of aromatic nitrogens is 2. The predicted octanol–water partition coefficient (Wildman–Crippen LogP) is 14.6. The molecular formula is C51H68N2. The van der Waals surface area contributed by atoms with E-state index in [1.54, 1.807) is 0 Å². The molecule has 2 nitrogen and oxygen atoms in total. The molecular weight excluding hydrogens is 641 g/mol. The van der Waals surface area contributed by atoms with Crippen LogP contribution in [0.2, 0.25) is 0 Å². The summed E-state index contributed by atoms with van der Waals surface area (Å²) < 4.78 is 4.85. The fourth-order valence-electron chi connectivity index (χ4n) is 8.83. The third-order valence-corrected chi connectivity index (χ3v) is 13.4. The molecule has 2 heterocycles. The Kier molecular flexibility index (Phi) is 12.2. The molecule has 7 rings (SSSR count). The van der Waals surface area contributed by atoms with E-state index < -0.39 is 0 Å². The number of hydrogen-bond acceptors (Lipinski definition) is 0. The van der Waals surface area contributed by atoms with E-state index in [1.165, 1.54) is 138 Å². The summed E-state index contributed by atoms with van der Waals surface area (Å²) in [6, 6.07) is 10.3. The number of hydrogen-bond donors (Lipinski definition) is 0. The first-order valence-electron chi connectivity index (χ1n) is 19.7. The zero-order valence-electron chi connectivity index (χ0n) is 37.3. The Hall–Kier alpha value is -4.30. The topological polar surface area (TPSA) is 9.86 Å². The Balaban J connectivity index is 0.000000193. The number of aryl methyl sites for hydroxylation is 11. The van der Waals surface area contributed by atoms with Gasteiger partial charge in [-0.25, -0.2) is 0 Å². The van der Waals surface area contributed by atoms with Crippen molar-refractivity contribution >= 4 is 43.6 Å². The summed E-state index contributed by atoms with van der Waals surface area (Å²) in [6.45, 7) is 42.4. The van der Waals surface area contributed by atoms with Crippen molar-refractivity contribution in [3.63, 3.8) is 0 Å². The summed E-state index contributed by atoms with van der Waals surface area (Å²) in [5, 5.41) is 5.84. The molecule has 0 aliphatic rings. The van der Waals surface area contributed by atoms with E-state index in [0.717, 1.165) is 0 Å². The summed E-state index contributed by atoms with van der Waals surface area (Å²) in [5.41, 5.74) is 29.9. The van der Waals surface area contributed by atoms with Gasteiger partial charge in [-0.3, -0.25) is 0 Å². The van der Waals surface area contributed by atoms with Crippen LogP contribution < -0.4 is 0 Å². The lowest BCUT2D eigenvalue weighted by atomic mass is 9.90. The standard InChI is InChI=1S/2C21H27N.C7H8.C2H6/c2*1-10-12(3)16(7)20-18(14(10)5)19-15(6)11(2)13(4)17(8)21(19)22(20)9;1-7-5-3-2-4-6-7;1-2/h2*1-9H3;2-6H,1H3;1-2H3. The highest BCUT2D eigenvalue weighted by molar-refractivity contribution is 6.15. The first kappa shape index (κ1) is 41.5. The molecule has 2 heteroatoms. The molecule has 0 aliphatic carbocycles. The molecule has 0 amide bonds. The van der Waals surface area contributed by atoms with Crippen molar-refractivity contribution < 1.29 is 0 Å². The molecule has 0 saturated heterocycles. The summed E-state index contributed by atoms with van der Waals surface area (Å²) in [5.74, 6) is 0. The van der Waals surface area contributed by atoms with Gasteiger partial charge in [0.25, 0.3) is 0 Å². The van der Waals surface area contributed by atoms with Crippen LogP contribution in [-0.4, -0.2) is 9.13 Å². The fourth-order valence-corrected chi connectivity index (χ4v) is 8.83. The molecule has 0 aliphatic heterocycles. The third kappa shape index (κ3) is 6.51. The van der Waals surface area contributed by atoms with E-state index >= 15 is 0 Å². The predicted molar refractivity (Wildman–Crippen MR) is 239 cm³/mol. The average Bonchev–Trinajstić information content (AvgIpc) is 3.64. The van der Waals surface area contributed by atoms with E-state index in [1.807, 2.05) is 32.0 Å². The monoisotopic (exact) mass is 709 g/mol. The van der Waals surface area contributed by atoms with Crippen molar-refractivity contribution in [2.45, 2.75) is 132 Å². The minimum Gasteiger partial charge on any atom is -0.343 e. The quantitative estimate of drug-likeness (QED) is 0.148. The summed E-state index contributed by atoms with van der Waals surface area (Å²) >= 11 is 0. The second-order valence-corrected chi connectivity index (χ2v) is 15.7. The van der Waals surface area contributed by atoms with Gasteiger partial charge in [0, 0.05) is 35.6 Å². The van der Waals surface area contributed by atoms with Crippen molar-refractivity contribution in [3.05, 3.63) is 125 Å².